The van der Waals surface area contributed by atoms with Crippen molar-refractivity contribution in [2.24, 2.45) is 11.8 Å². The maximum absolute atomic E-state index is 14.0. The third kappa shape index (κ3) is 16.9. The zero-order valence-electron chi connectivity index (χ0n) is 27.7. The van der Waals surface area contributed by atoms with Crippen LogP contribution in [0.4, 0.5) is 8.78 Å². The lowest BCUT2D eigenvalue weighted by Crippen LogP contribution is -2.33. The molecule has 0 aliphatic carbocycles. The smallest absolute Gasteiger partial charge is 0.200 e. The summed E-state index contributed by atoms with van der Waals surface area (Å²) in [6, 6.07) is 4.65. The Hall–Kier alpha value is 0.0425. The fraction of sp³-hybridized carbons (Fsp3) is 0.829. The summed E-state index contributed by atoms with van der Waals surface area (Å²) in [5.74, 6) is 0.121. The molecule has 0 radical (unpaired) electrons. The fourth-order valence-corrected chi connectivity index (χ4v) is 16.2. The van der Waals surface area contributed by atoms with Crippen molar-refractivity contribution in [2.45, 2.75) is 160 Å². The number of halogens is 2. The molecule has 0 fully saturated rings. The van der Waals surface area contributed by atoms with Crippen molar-refractivity contribution in [3.05, 3.63) is 29.8 Å². The molecule has 230 valence electrons. The van der Waals surface area contributed by atoms with Crippen LogP contribution in [-0.2, 0) is 0 Å². The van der Waals surface area contributed by atoms with Crippen molar-refractivity contribution in [3.63, 3.8) is 0 Å². The van der Waals surface area contributed by atoms with Crippen LogP contribution in [0.15, 0.2) is 18.2 Å². The third-order valence-electron chi connectivity index (χ3n) is 9.38. The van der Waals surface area contributed by atoms with E-state index in [1.54, 1.807) is 33.3 Å². The summed E-state index contributed by atoms with van der Waals surface area (Å²) >= 11 is -1.20. The van der Waals surface area contributed by atoms with Crippen molar-refractivity contribution in [1.82, 2.24) is 0 Å². The molecule has 0 spiro atoms. The molecule has 0 nitrogen and oxygen atoms in total. The summed E-state index contributed by atoms with van der Waals surface area (Å²) in [5, 5.41) is 7.28. The molecule has 3 atom stereocenters. The first-order valence-corrected chi connectivity index (χ1v) is 22.5. The average molecular weight is 585 g/mol. The van der Waals surface area contributed by atoms with Gasteiger partial charge in [0.1, 0.15) is 18.4 Å². The second-order valence-corrected chi connectivity index (χ2v) is 21.4. The summed E-state index contributed by atoms with van der Waals surface area (Å²) in [7, 11) is -0.994. The molecule has 0 saturated heterocycles. The molecule has 0 heterocycles. The highest BCUT2D eigenvalue weighted by molar-refractivity contribution is 7.65. The predicted octanol–water partition coefficient (Wildman–Crippen LogP) is 12.7. The lowest BCUT2D eigenvalue weighted by Gasteiger charge is -2.36. The normalized spacial score (nSPS) is 14.0. The van der Waals surface area contributed by atoms with Crippen LogP contribution >= 0.6 is 7.92 Å². The topological polar surface area (TPSA) is 0 Å². The van der Waals surface area contributed by atoms with E-state index in [0.717, 1.165) is 18.2 Å². The molecule has 0 N–H and O–H groups in total. The van der Waals surface area contributed by atoms with E-state index in [1.165, 1.54) is 89.5 Å². The zero-order valence-corrected chi connectivity index (χ0v) is 29.8. The Kier molecular flexibility index (Phi) is 24.7. The highest BCUT2D eigenvalue weighted by Crippen LogP contribution is 2.39. The second kappa shape index (κ2) is 24.6. The number of rotatable bonds is 22. The van der Waals surface area contributed by atoms with Crippen molar-refractivity contribution in [3.8, 4) is 0 Å². The Morgan fingerprint density at radius 3 is 1.62 bits per heavy atom. The molecule has 0 bridgehead atoms. The van der Waals surface area contributed by atoms with Gasteiger partial charge in [-0.25, -0.2) is 4.39 Å². The van der Waals surface area contributed by atoms with Crippen LogP contribution in [0.5, 0.6) is 0 Å². The van der Waals surface area contributed by atoms with Gasteiger partial charge in [0.15, 0.2) is 5.82 Å². The van der Waals surface area contributed by atoms with E-state index in [9.17, 15) is 8.78 Å². The zero-order chi connectivity index (χ0) is 29.5. The SMILES string of the molecule is CCCC(CC)CCC(C)C[PH+](CC)c1cccc(F)c1F.CCC[CH2][Al-]([CH2]CCC)([CH2]CCC)[CH2]CCC. The lowest BCUT2D eigenvalue weighted by atomic mass is 9.92. The first-order chi connectivity index (χ1) is 18.8. The molecule has 1 rings (SSSR count). The van der Waals surface area contributed by atoms with Gasteiger partial charge in [0.05, 0.1) is 12.3 Å². The molecule has 0 aliphatic heterocycles. The number of unbranched alkanes of at least 4 members (excludes halogenated alkanes) is 4. The molecule has 0 aromatic heterocycles. The Balaban J connectivity index is 0.000000768. The molecule has 39 heavy (non-hydrogen) atoms. The minimum Gasteiger partial charge on any atom is -0.204 e. The largest absolute Gasteiger partial charge is 0.204 e. The number of benzene rings is 1. The van der Waals surface area contributed by atoms with Crippen molar-refractivity contribution in [1.29, 1.82) is 0 Å². The van der Waals surface area contributed by atoms with Gasteiger partial charge in [0, 0.05) is 7.92 Å². The Morgan fingerprint density at radius 1 is 0.692 bits per heavy atom. The standard InChI is InChI=1S/C19H31F2P.4C4H9.Al/c1-5-9-16(6-2)13-12-15(4)14-22(7-3)18-11-8-10-17(20)19(18)21;4*1-3-4-2;/h8,10-11,15-16H,5-7,9,12-14H2,1-4H3;4*1,3-4H2,2H3;/q;;;;;-1/p+1. The Bertz CT molecular complexity index is 658. The molecule has 0 aliphatic rings. The van der Waals surface area contributed by atoms with E-state index >= 15 is 0 Å². The van der Waals surface area contributed by atoms with Crippen LogP contribution in [0.1, 0.15) is 139 Å². The number of hydrogen-bond acceptors (Lipinski definition) is 0. The highest BCUT2D eigenvalue weighted by Gasteiger charge is 2.27. The van der Waals surface area contributed by atoms with Crippen LogP contribution in [0.3, 0.4) is 0 Å². The van der Waals surface area contributed by atoms with Crippen molar-refractivity contribution < 1.29 is 8.78 Å². The monoisotopic (exact) mass is 584 g/mol. The molecule has 0 saturated carbocycles. The van der Waals surface area contributed by atoms with Gasteiger partial charge in [-0.2, -0.15) is 25.5 Å². The van der Waals surface area contributed by atoms with Gasteiger partial charge < -0.3 is 0 Å². The van der Waals surface area contributed by atoms with Gasteiger partial charge in [-0.3, -0.25) is 0 Å². The maximum Gasteiger partial charge on any atom is 0.200 e. The van der Waals surface area contributed by atoms with Gasteiger partial charge in [0.25, 0.3) is 0 Å². The molecule has 3 unspecified atom stereocenters. The molecular weight excluding hydrogens is 516 g/mol. The minimum absolute atomic E-state index is 0.599. The van der Waals surface area contributed by atoms with Crippen molar-refractivity contribution in [2.75, 3.05) is 12.3 Å². The van der Waals surface area contributed by atoms with Crippen LogP contribution in [-0.4, -0.2) is 25.4 Å². The second-order valence-electron chi connectivity index (χ2n) is 12.8. The van der Waals surface area contributed by atoms with E-state index in [-0.39, 0.29) is 0 Å². The Morgan fingerprint density at radius 2 is 1.21 bits per heavy atom. The molecule has 1 aromatic rings. The Labute approximate surface area is 248 Å². The van der Waals surface area contributed by atoms with E-state index in [2.05, 4.69) is 55.4 Å². The van der Waals surface area contributed by atoms with E-state index in [0.29, 0.717) is 11.2 Å². The number of hydrogen-bond donors (Lipinski definition) is 0. The van der Waals surface area contributed by atoms with Crippen LogP contribution in [0.2, 0.25) is 21.1 Å². The van der Waals surface area contributed by atoms with Gasteiger partial charge >= 0.3 is 0 Å². The predicted molar refractivity (Wildman–Crippen MR) is 181 cm³/mol. The minimum atomic E-state index is -1.20. The van der Waals surface area contributed by atoms with Crippen LogP contribution in [0.25, 0.3) is 0 Å². The summed E-state index contributed by atoms with van der Waals surface area (Å²) in [6.45, 7) is 18.4. The fourth-order valence-electron chi connectivity index (χ4n) is 6.64. The summed E-state index contributed by atoms with van der Waals surface area (Å²) in [5.41, 5.74) is 0. The van der Waals surface area contributed by atoms with Gasteiger partial charge in [0.2, 0.25) is 5.82 Å². The quantitative estimate of drug-likeness (QED) is 0.0939. The molecule has 4 heteroatoms. The lowest BCUT2D eigenvalue weighted by molar-refractivity contribution is 0.389. The van der Waals surface area contributed by atoms with Gasteiger partial charge in [-0.1, -0.05) is 132 Å². The van der Waals surface area contributed by atoms with Gasteiger partial charge in [-0.15, -0.1) is 0 Å². The van der Waals surface area contributed by atoms with Crippen LogP contribution < -0.4 is 5.30 Å². The third-order valence-corrected chi connectivity index (χ3v) is 19.1. The average Bonchev–Trinajstić information content (AvgIpc) is 2.95. The first-order valence-electron chi connectivity index (χ1n) is 17.3. The van der Waals surface area contributed by atoms with E-state index in [1.807, 2.05) is 0 Å². The molecule has 1 aromatic carbocycles. The molecular formula is C35H68AlF2P. The first kappa shape index (κ1) is 39.0. The van der Waals surface area contributed by atoms with Crippen molar-refractivity contribution >= 4 is 26.3 Å². The summed E-state index contributed by atoms with van der Waals surface area (Å²) in [4.78, 5) is 0. The van der Waals surface area contributed by atoms with E-state index < -0.39 is 32.6 Å². The van der Waals surface area contributed by atoms with Gasteiger partial charge in [-0.05, 0) is 37.3 Å². The maximum atomic E-state index is 14.0. The van der Waals surface area contributed by atoms with E-state index in [4.69, 9.17) is 0 Å². The molecule has 0 amide bonds. The summed E-state index contributed by atoms with van der Waals surface area (Å²) in [6.07, 6.45) is 20.0. The highest BCUT2D eigenvalue weighted by atomic mass is 31.1. The van der Waals surface area contributed by atoms with Crippen LogP contribution in [0, 0.1) is 23.5 Å². The summed E-state index contributed by atoms with van der Waals surface area (Å²) < 4.78 is 27.4.